The molecule has 0 spiro atoms. The van der Waals surface area contributed by atoms with Gasteiger partial charge in [-0.25, -0.2) is 4.99 Å². The summed E-state index contributed by atoms with van der Waals surface area (Å²) >= 11 is 0. The summed E-state index contributed by atoms with van der Waals surface area (Å²) in [7, 11) is 0. The van der Waals surface area contributed by atoms with E-state index in [-0.39, 0.29) is 17.1 Å². The zero-order valence-corrected chi connectivity index (χ0v) is 18.3. The number of aliphatic hydroxyl groups is 1. The molecule has 1 heterocycles. The van der Waals surface area contributed by atoms with E-state index in [2.05, 4.69) is 28.8 Å². The van der Waals surface area contributed by atoms with Crippen LogP contribution in [-0.2, 0) is 12.8 Å². The van der Waals surface area contributed by atoms with E-state index in [9.17, 15) is 9.90 Å². The van der Waals surface area contributed by atoms with Gasteiger partial charge < -0.3 is 15.8 Å². The lowest BCUT2D eigenvalue weighted by molar-refractivity contribution is 0.414. The molecule has 158 valence electrons. The summed E-state index contributed by atoms with van der Waals surface area (Å²) in [6, 6.07) is 0. The molecule has 0 aromatic carbocycles. The summed E-state index contributed by atoms with van der Waals surface area (Å²) in [6.07, 6.45) is 8.40. The first-order valence-electron chi connectivity index (χ1n) is 10.4. The maximum atomic E-state index is 12.7. The number of hydrogen-bond acceptors (Lipinski definition) is 3. The average Bonchev–Trinajstić information content (AvgIpc) is 2.69. The summed E-state index contributed by atoms with van der Waals surface area (Å²) in [4.78, 5) is 25.0. The minimum absolute atomic E-state index is 0.0831. The molecule has 0 saturated carbocycles. The Morgan fingerprint density at radius 3 is 2.62 bits per heavy atom. The molecule has 0 radical (unpaired) electrons. The monoisotopic (exact) mass is 398 g/mol. The van der Waals surface area contributed by atoms with Gasteiger partial charge in [-0.2, -0.15) is 0 Å². The second kappa shape index (κ2) is 10.2. The number of aromatic nitrogens is 1. The lowest BCUT2D eigenvalue weighted by Gasteiger charge is -2.18. The molecule has 0 aliphatic heterocycles. The Labute approximate surface area is 173 Å². The second-order valence-corrected chi connectivity index (χ2v) is 7.81. The number of nitrogens with one attached hydrogen (secondary N) is 1. The van der Waals surface area contributed by atoms with Crippen LogP contribution < -0.4 is 11.2 Å². The Kier molecular flexibility index (Phi) is 8.00. The first-order chi connectivity index (χ1) is 13.7. The number of fused-ring (bicyclic) bond motifs is 1. The topological polar surface area (TPSA) is 104 Å². The van der Waals surface area contributed by atoms with E-state index in [1.165, 1.54) is 5.57 Å². The first-order valence-corrected chi connectivity index (χ1v) is 10.4. The number of nitrogens with two attached hydrogens (primary N) is 1. The number of hydrogen-bond donors (Lipinski definition) is 3. The zero-order valence-electron chi connectivity index (χ0n) is 18.3. The second-order valence-electron chi connectivity index (χ2n) is 7.81. The van der Waals surface area contributed by atoms with Crippen LogP contribution in [0, 0.1) is 12.8 Å². The Balaban J connectivity index is 2.21. The molecule has 29 heavy (non-hydrogen) atoms. The number of aromatic amines is 1. The highest BCUT2D eigenvalue weighted by Gasteiger charge is 2.18. The lowest BCUT2D eigenvalue weighted by Crippen LogP contribution is -2.28. The van der Waals surface area contributed by atoms with Crippen molar-refractivity contribution in [1.82, 2.24) is 4.98 Å². The van der Waals surface area contributed by atoms with Crippen LogP contribution in [0.5, 0.6) is 0 Å². The van der Waals surface area contributed by atoms with Crippen LogP contribution in [0.4, 0.5) is 0 Å². The van der Waals surface area contributed by atoms with Gasteiger partial charge in [-0.1, -0.05) is 25.5 Å². The SMILES string of the molecule is CC/C(=C\C=C(/C)O)C(C)CN=C(C)N=C(N)c1[nH]c2c(c(=O)c1C)CCCC2. The van der Waals surface area contributed by atoms with E-state index in [1.54, 1.807) is 19.9 Å². The fourth-order valence-electron chi connectivity index (χ4n) is 3.64. The third-order valence-corrected chi connectivity index (χ3v) is 5.45. The van der Waals surface area contributed by atoms with E-state index in [0.29, 0.717) is 29.5 Å². The fraction of sp³-hybridized carbons (Fsp3) is 0.522. The normalized spacial score (nSPS) is 17.3. The van der Waals surface area contributed by atoms with Crippen LogP contribution in [0.2, 0.25) is 0 Å². The number of pyridine rings is 1. The number of rotatable bonds is 6. The molecule has 6 nitrogen and oxygen atoms in total. The molecular weight excluding hydrogens is 364 g/mol. The van der Waals surface area contributed by atoms with Crippen molar-refractivity contribution >= 4 is 11.7 Å². The largest absolute Gasteiger partial charge is 0.513 e. The number of aliphatic imine (C=N–C) groups is 2. The molecule has 0 fully saturated rings. The minimum atomic E-state index is 0.0831. The summed E-state index contributed by atoms with van der Waals surface area (Å²) in [5.74, 6) is 1.39. The van der Waals surface area contributed by atoms with Gasteiger partial charge in [0.2, 0.25) is 0 Å². The number of nitrogens with zero attached hydrogens (tertiary/aromatic N) is 2. The zero-order chi connectivity index (χ0) is 21.6. The van der Waals surface area contributed by atoms with Crippen LogP contribution >= 0.6 is 0 Å². The molecule has 6 heteroatoms. The Bertz CT molecular complexity index is 916. The fourth-order valence-corrected chi connectivity index (χ4v) is 3.64. The minimum Gasteiger partial charge on any atom is -0.513 e. The van der Waals surface area contributed by atoms with Gasteiger partial charge in [-0.15, -0.1) is 0 Å². The third kappa shape index (κ3) is 5.92. The summed E-state index contributed by atoms with van der Waals surface area (Å²) in [5.41, 5.74) is 10.6. The highest BCUT2D eigenvalue weighted by Crippen LogP contribution is 2.18. The maximum absolute atomic E-state index is 12.7. The van der Waals surface area contributed by atoms with Gasteiger partial charge in [-0.3, -0.25) is 9.79 Å². The highest BCUT2D eigenvalue weighted by molar-refractivity contribution is 6.04. The van der Waals surface area contributed by atoms with Gasteiger partial charge in [0, 0.05) is 23.4 Å². The predicted molar refractivity (Wildman–Crippen MR) is 121 cm³/mol. The van der Waals surface area contributed by atoms with E-state index >= 15 is 0 Å². The molecule has 0 bridgehead atoms. The molecule has 2 rings (SSSR count). The molecule has 0 saturated heterocycles. The molecule has 4 N–H and O–H groups in total. The predicted octanol–water partition coefficient (Wildman–Crippen LogP) is 4.12. The Morgan fingerprint density at radius 1 is 1.28 bits per heavy atom. The Morgan fingerprint density at radius 2 is 1.97 bits per heavy atom. The van der Waals surface area contributed by atoms with E-state index in [1.807, 2.05) is 13.0 Å². The summed E-state index contributed by atoms with van der Waals surface area (Å²) in [5, 5.41) is 9.35. The summed E-state index contributed by atoms with van der Waals surface area (Å²) in [6.45, 7) is 10.0. The van der Waals surface area contributed by atoms with Crippen LogP contribution in [0.25, 0.3) is 0 Å². The molecular formula is C23H34N4O2. The van der Waals surface area contributed by atoms with Gasteiger partial charge in [0.25, 0.3) is 0 Å². The first kappa shape index (κ1) is 22.7. The van der Waals surface area contributed by atoms with Crippen molar-refractivity contribution in [3.63, 3.8) is 0 Å². The maximum Gasteiger partial charge on any atom is 0.188 e. The average molecular weight is 399 g/mol. The molecule has 1 aliphatic carbocycles. The van der Waals surface area contributed by atoms with Crippen LogP contribution in [0.1, 0.15) is 69.5 Å². The van der Waals surface area contributed by atoms with Gasteiger partial charge in [-0.05, 0) is 64.9 Å². The van der Waals surface area contributed by atoms with E-state index in [0.717, 1.165) is 43.4 Å². The molecule has 1 unspecified atom stereocenters. The molecule has 1 aromatic heterocycles. The van der Waals surface area contributed by atoms with Crippen molar-refractivity contribution in [3.05, 3.63) is 56.2 Å². The molecule has 0 amide bonds. The van der Waals surface area contributed by atoms with Gasteiger partial charge in [0.1, 0.15) is 11.7 Å². The van der Waals surface area contributed by atoms with Crippen molar-refractivity contribution in [2.45, 2.75) is 66.7 Å². The van der Waals surface area contributed by atoms with Crippen molar-refractivity contribution in [3.8, 4) is 0 Å². The Hall–Kier alpha value is -2.63. The quantitative estimate of drug-likeness (QED) is 0.290. The van der Waals surface area contributed by atoms with E-state index < -0.39 is 0 Å². The molecule has 1 aliphatic rings. The van der Waals surface area contributed by atoms with Crippen molar-refractivity contribution in [2.24, 2.45) is 21.6 Å². The standard InChI is InChI=1S/C23H34N4O2/c1-6-18(12-11-15(3)28)14(2)13-25-17(5)26-23(24)21-16(4)22(29)19-9-7-8-10-20(19)27-21/h11-12,14,28H,6-10,13H2,1-5H3,(H,27,29)(H2,24,25,26)/b15-11+,18-12+. The van der Waals surface area contributed by atoms with Crippen molar-refractivity contribution in [1.29, 1.82) is 0 Å². The summed E-state index contributed by atoms with van der Waals surface area (Å²) < 4.78 is 0. The molecule has 1 aromatic rings. The van der Waals surface area contributed by atoms with Gasteiger partial charge in [0.15, 0.2) is 5.43 Å². The van der Waals surface area contributed by atoms with Crippen molar-refractivity contribution in [2.75, 3.05) is 6.54 Å². The third-order valence-electron chi connectivity index (χ3n) is 5.45. The van der Waals surface area contributed by atoms with Crippen LogP contribution in [0.3, 0.4) is 0 Å². The highest BCUT2D eigenvalue weighted by atomic mass is 16.3. The number of aryl methyl sites for hydroxylation is 1. The van der Waals surface area contributed by atoms with Gasteiger partial charge in [0.05, 0.1) is 11.5 Å². The number of H-pyrrole nitrogens is 1. The van der Waals surface area contributed by atoms with Crippen LogP contribution in [0.15, 0.2) is 38.3 Å². The van der Waals surface area contributed by atoms with E-state index in [4.69, 9.17) is 5.73 Å². The number of aliphatic hydroxyl groups excluding tert-OH is 1. The number of amidine groups is 2. The smallest absolute Gasteiger partial charge is 0.188 e. The molecule has 1 atom stereocenters. The lowest BCUT2D eigenvalue weighted by atomic mass is 9.93. The van der Waals surface area contributed by atoms with Gasteiger partial charge >= 0.3 is 0 Å². The van der Waals surface area contributed by atoms with Crippen molar-refractivity contribution < 1.29 is 5.11 Å². The number of allylic oxidation sites excluding steroid dienone is 3. The van der Waals surface area contributed by atoms with Crippen LogP contribution in [-0.4, -0.2) is 28.3 Å².